The van der Waals surface area contributed by atoms with E-state index in [9.17, 15) is 29.1 Å². The molecular weight excluding hydrogens is 769 g/mol. The van der Waals surface area contributed by atoms with E-state index in [1.54, 1.807) is 31.4 Å². The Bertz CT molecular complexity index is 1720. The number of carbonyl (C=O) groups excluding carboxylic acids is 4. The summed E-state index contributed by atoms with van der Waals surface area (Å²) >= 11 is 1.27. The molecular formula is C45H70N6O7S. The van der Waals surface area contributed by atoms with Crippen LogP contribution in [0.4, 0.5) is 5.69 Å². The summed E-state index contributed by atoms with van der Waals surface area (Å²) in [5.74, 6) is -2.81. The molecule has 1 aromatic heterocycles. The molecule has 1 aromatic carbocycles. The van der Waals surface area contributed by atoms with E-state index in [0.29, 0.717) is 35.8 Å². The molecule has 0 unspecified atom stereocenters. The molecule has 328 valence electrons. The molecule has 0 radical (unpaired) electrons. The van der Waals surface area contributed by atoms with Gasteiger partial charge < -0.3 is 31.1 Å². The number of unbranched alkanes of at least 4 members (excludes halogenated alkanes) is 3. The van der Waals surface area contributed by atoms with Crippen LogP contribution in [0.2, 0.25) is 0 Å². The number of amides is 3. The van der Waals surface area contributed by atoms with Crippen LogP contribution in [0.5, 0.6) is 0 Å². The number of nitrogens with one attached hydrogen (secondary N) is 2. The molecule has 1 aliphatic rings. The van der Waals surface area contributed by atoms with E-state index in [2.05, 4.69) is 36.3 Å². The molecule has 0 saturated carbocycles. The van der Waals surface area contributed by atoms with Crippen LogP contribution in [0.3, 0.4) is 0 Å². The topological polar surface area (TPSA) is 184 Å². The number of hydrogen-bond donors (Lipinski definition) is 4. The van der Waals surface area contributed by atoms with Crippen molar-refractivity contribution in [3.05, 3.63) is 57.7 Å². The number of likely N-dealkylation sites (tertiary alicyclic amines) is 1. The summed E-state index contributed by atoms with van der Waals surface area (Å²) in [7, 11) is 1.96. The number of aliphatic carboxylic acids is 1. The predicted molar refractivity (Wildman–Crippen MR) is 234 cm³/mol. The lowest BCUT2D eigenvalue weighted by Gasteiger charge is -2.40. The van der Waals surface area contributed by atoms with Crippen molar-refractivity contribution in [3.63, 3.8) is 0 Å². The Hall–Kier alpha value is -4.30. The maximum absolute atomic E-state index is 14.9. The lowest BCUT2D eigenvalue weighted by Crippen LogP contribution is -2.59. The molecule has 14 heteroatoms. The van der Waals surface area contributed by atoms with Gasteiger partial charge in [-0.25, -0.2) is 4.98 Å². The molecule has 5 atom stereocenters. The van der Waals surface area contributed by atoms with Gasteiger partial charge >= 0.3 is 11.9 Å². The van der Waals surface area contributed by atoms with Gasteiger partial charge in [0.1, 0.15) is 23.4 Å². The molecule has 3 amide bonds. The number of carbonyl (C=O) groups is 5. The first-order chi connectivity index (χ1) is 27.9. The SMILES string of the molecule is CCCCCCN(C(=O)[C@@H](NC(=O)[C@H]1CCCCN1C)[C@@H](C)CC)[C@H](C[C@@H](COC(C)=O)c1nc(C(=O)N/C(=C\C(C)(C)C(=O)O)Cc2ccc(N)cc2)cs1)C(C)C. The van der Waals surface area contributed by atoms with E-state index >= 15 is 0 Å². The van der Waals surface area contributed by atoms with Gasteiger partial charge in [-0.1, -0.05) is 78.9 Å². The number of nitrogens with two attached hydrogens (primary N) is 1. The second-order valence-electron chi connectivity index (χ2n) is 17.1. The highest BCUT2D eigenvalue weighted by atomic mass is 32.1. The summed E-state index contributed by atoms with van der Waals surface area (Å²) in [5.41, 5.74) is 6.55. The monoisotopic (exact) mass is 839 g/mol. The number of rotatable bonds is 23. The number of piperidine rings is 1. The number of esters is 1. The fourth-order valence-electron chi connectivity index (χ4n) is 7.45. The van der Waals surface area contributed by atoms with Gasteiger partial charge in [0.25, 0.3) is 5.91 Å². The maximum atomic E-state index is 14.9. The number of nitrogens with zero attached hydrogens (tertiary/aromatic N) is 3. The lowest BCUT2D eigenvalue weighted by molar-refractivity contribution is -0.144. The van der Waals surface area contributed by atoms with Gasteiger partial charge in [-0.05, 0) is 88.7 Å². The Morgan fingerprint density at radius 2 is 1.78 bits per heavy atom. The molecule has 2 aromatic rings. The third-order valence-electron chi connectivity index (χ3n) is 11.4. The third-order valence-corrected chi connectivity index (χ3v) is 12.4. The van der Waals surface area contributed by atoms with Crippen LogP contribution in [-0.4, -0.2) is 94.4 Å². The van der Waals surface area contributed by atoms with Gasteiger partial charge in [0, 0.05) is 48.6 Å². The number of carboxylic acid groups (broad SMARTS) is 1. The second-order valence-corrected chi connectivity index (χ2v) is 18.0. The summed E-state index contributed by atoms with van der Waals surface area (Å²) in [6.45, 7) is 16.1. The van der Waals surface area contributed by atoms with Gasteiger partial charge in [-0.3, -0.25) is 28.9 Å². The molecule has 1 fully saturated rings. The van der Waals surface area contributed by atoms with E-state index in [1.165, 1.54) is 24.3 Å². The predicted octanol–water partition coefficient (Wildman–Crippen LogP) is 7.18. The van der Waals surface area contributed by atoms with E-state index in [1.807, 2.05) is 37.9 Å². The minimum absolute atomic E-state index is 0.000372. The van der Waals surface area contributed by atoms with Gasteiger partial charge in [-0.15, -0.1) is 11.3 Å². The first-order valence-corrected chi connectivity index (χ1v) is 22.3. The van der Waals surface area contributed by atoms with Crippen LogP contribution in [0.25, 0.3) is 0 Å². The van der Waals surface area contributed by atoms with E-state index in [4.69, 9.17) is 15.5 Å². The molecule has 2 heterocycles. The number of nitrogen functional groups attached to an aromatic ring is 1. The molecule has 13 nitrogen and oxygen atoms in total. The van der Waals surface area contributed by atoms with Crippen LogP contribution in [-0.2, 0) is 30.3 Å². The third kappa shape index (κ3) is 15.0. The Morgan fingerprint density at radius 3 is 2.37 bits per heavy atom. The smallest absolute Gasteiger partial charge is 0.313 e. The first kappa shape index (κ1) is 49.1. The van der Waals surface area contributed by atoms with E-state index in [0.717, 1.165) is 57.1 Å². The molecule has 1 saturated heterocycles. The highest BCUT2D eigenvalue weighted by molar-refractivity contribution is 7.09. The van der Waals surface area contributed by atoms with Crippen molar-refractivity contribution >= 4 is 46.7 Å². The van der Waals surface area contributed by atoms with Crippen LogP contribution >= 0.6 is 11.3 Å². The summed E-state index contributed by atoms with van der Waals surface area (Å²) in [6.07, 6.45) is 9.50. The second kappa shape index (κ2) is 23.5. The molecule has 1 aliphatic heterocycles. The fourth-order valence-corrected chi connectivity index (χ4v) is 8.35. The normalized spacial score (nSPS) is 17.1. The highest BCUT2D eigenvalue weighted by Gasteiger charge is 2.38. The number of anilines is 1. The van der Waals surface area contributed by atoms with Crippen LogP contribution in [0, 0.1) is 17.3 Å². The molecule has 0 spiro atoms. The minimum Gasteiger partial charge on any atom is -0.481 e. The van der Waals surface area contributed by atoms with Gasteiger partial charge in [-0.2, -0.15) is 0 Å². The van der Waals surface area contributed by atoms with Crippen LogP contribution < -0.4 is 16.4 Å². The number of ether oxygens (including phenoxy) is 1. The van der Waals surface area contributed by atoms with Crippen molar-refractivity contribution in [2.45, 2.75) is 144 Å². The minimum atomic E-state index is -1.27. The number of hydrogen-bond acceptors (Lipinski definition) is 10. The molecule has 5 N–H and O–H groups in total. The van der Waals surface area contributed by atoms with Crippen molar-refractivity contribution in [2.75, 3.05) is 32.5 Å². The number of thiazole rings is 1. The van der Waals surface area contributed by atoms with Crippen molar-refractivity contribution < 1.29 is 33.8 Å². The zero-order chi connectivity index (χ0) is 43.9. The number of carboxylic acids is 1. The zero-order valence-corrected chi connectivity index (χ0v) is 37.7. The van der Waals surface area contributed by atoms with Crippen LogP contribution in [0.1, 0.15) is 140 Å². The van der Waals surface area contributed by atoms with Crippen LogP contribution in [0.15, 0.2) is 41.4 Å². The lowest BCUT2D eigenvalue weighted by atomic mass is 9.89. The summed E-state index contributed by atoms with van der Waals surface area (Å²) in [4.78, 5) is 75.5. The average molecular weight is 839 g/mol. The van der Waals surface area contributed by atoms with Gasteiger partial charge in [0.05, 0.1) is 11.5 Å². The Kier molecular flexibility index (Phi) is 19.5. The Balaban J connectivity index is 1.98. The maximum Gasteiger partial charge on any atom is 0.313 e. The average Bonchev–Trinajstić information content (AvgIpc) is 3.68. The standard InChI is InChI=1S/C45H70N6O7S/c1-10-12-13-15-23-51(43(55)39(30(5)11-2)49-41(54)37-17-14-16-22-50(37)9)38(29(3)4)25-33(27-58-31(6)52)42-48-36(28-59-42)40(53)47-35(26-45(7,8)44(56)57)24-32-18-20-34(46)21-19-32/h18-21,26,28-30,33,37-39H,10-17,22-25,27,46H2,1-9H3,(H,47,53)(H,49,54)(H,56,57)/b35-26-/t30-,33-,37+,38+,39-/m0/s1. The zero-order valence-electron chi connectivity index (χ0n) is 36.8. The number of likely N-dealkylation sites (N-methyl/N-ethyl adjacent to an activating group) is 1. The highest BCUT2D eigenvalue weighted by Crippen LogP contribution is 2.32. The number of allylic oxidation sites excluding steroid dienone is 1. The van der Waals surface area contributed by atoms with E-state index < -0.39 is 35.2 Å². The molecule has 59 heavy (non-hydrogen) atoms. The summed E-state index contributed by atoms with van der Waals surface area (Å²) in [5, 5.41) is 18.2. The molecule has 0 bridgehead atoms. The molecule has 3 rings (SSSR count). The Labute approximate surface area is 355 Å². The van der Waals surface area contributed by atoms with Gasteiger partial charge in [0.15, 0.2) is 0 Å². The first-order valence-electron chi connectivity index (χ1n) is 21.4. The van der Waals surface area contributed by atoms with Crippen molar-refractivity contribution in [1.29, 1.82) is 0 Å². The number of benzene rings is 1. The van der Waals surface area contributed by atoms with E-state index in [-0.39, 0.29) is 54.5 Å². The number of aromatic nitrogens is 1. The fraction of sp³-hybridized carbons (Fsp3) is 0.644. The van der Waals surface area contributed by atoms with Gasteiger partial charge in [0.2, 0.25) is 11.8 Å². The largest absolute Gasteiger partial charge is 0.481 e. The van der Waals surface area contributed by atoms with Crippen molar-refractivity contribution in [2.24, 2.45) is 17.3 Å². The Morgan fingerprint density at radius 1 is 1.08 bits per heavy atom. The summed E-state index contributed by atoms with van der Waals surface area (Å²) < 4.78 is 5.60. The molecule has 0 aliphatic carbocycles. The summed E-state index contributed by atoms with van der Waals surface area (Å²) in [6, 6.07) is 5.84. The quantitative estimate of drug-likeness (QED) is 0.0508. The van der Waals surface area contributed by atoms with Crippen molar-refractivity contribution in [3.8, 4) is 0 Å². The van der Waals surface area contributed by atoms with Crippen molar-refractivity contribution in [1.82, 2.24) is 25.4 Å².